The van der Waals surface area contributed by atoms with Gasteiger partial charge in [0.05, 0.1) is 5.09 Å². The number of rotatable bonds is 0. The molecule has 0 N–H and O–H groups in total. The van der Waals surface area contributed by atoms with E-state index in [-0.39, 0.29) is 22.4 Å². The van der Waals surface area contributed by atoms with Crippen molar-refractivity contribution in [3.8, 4) is 0 Å². The van der Waals surface area contributed by atoms with Gasteiger partial charge in [-0.1, -0.05) is 0 Å². The van der Waals surface area contributed by atoms with Gasteiger partial charge in [-0.15, -0.1) is 0 Å². The predicted molar refractivity (Wildman–Crippen MR) is 38.4 cm³/mol. The zero-order valence-electron chi connectivity index (χ0n) is 2.73. The Labute approximate surface area is 79.0 Å². The van der Waals surface area contributed by atoms with E-state index in [0.29, 0.717) is 0 Å². The Morgan fingerprint density at radius 3 is 1.29 bits per heavy atom. The van der Waals surface area contributed by atoms with Crippen LogP contribution in [0.15, 0.2) is 0 Å². The van der Waals surface area contributed by atoms with Gasteiger partial charge in [0.1, 0.15) is 0 Å². The van der Waals surface area contributed by atoms with Crippen molar-refractivity contribution in [2.24, 2.45) is 0 Å². The molecule has 0 fully saturated rings. The van der Waals surface area contributed by atoms with E-state index in [1.807, 2.05) is 0 Å². The van der Waals surface area contributed by atoms with Gasteiger partial charge in [-0.25, -0.2) is 0 Å². The monoisotopic (exact) mass is 423 g/mol. The van der Waals surface area contributed by atoms with Crippen LogP contribution < -0.4 is 0 Å². The van der Waals surface area contributed by atoms with Crippen LogP contribution in [0, 0.1) is 15.3 Å². The van der Waals surface area contributed by atoms with Crippen LogP contribution in [0.2, 0.25) is 0 Å². The Balaban J connectivity index is -0.0000000480. The number of nitrogens with zero attached hydrogens (tertiary/aromatic N) is 1. The van der Waals surface area contributed by atoms with E-state index in [4.69, 9.17) is 15.3 Å². The van der Waals surface area contributed by atoms with Crippen molar-refractivity contribution in [1.82, 2.24) is 0 Å². The van der Waals surface area contributed by atoms with E-state index >= 15 is 0 Å². The van der Waals surface area contributed by atoms with Gasteiger partial charge in [0.2, 0.25) is 0 Å². The molecule has 0 heterocycles. The maximum atomic E-state index is 8.25. The molecule has 0 aromatic rings. The van der Waals surface area contributed by atoms with Crippen molar-refractivity contribution in [3.63, 3.8) is 0 Å². The van der Waals surface area contributed by atoms with E-state index in [9.17, 15) is 0 Å². The SMILES string of the molecule is II.O=[N+]([O-])[O-].[Ag+]. The average molecular weight is 424 g/mol. The molecule has 0 radical (unpaired) electrons. The molecule has 48 valence electrons. The summed E-state index contributed by atoms with van der Waals surface area (Å²) in [6.45, 7) is 0. The van der Waals surface area contributed by atoms with Gasteiger partial charge >= 0.3 is 22.4 Å². The second-order valence-electron chi connectivity index (χ2n) is 0.224. The van der Waals surface area contributed by atoms with Crippen LogP contribution in [0.1, 0.15) is 0 Å². The molecule has 0 aromatic heterocycles. The minimum absolute atomic E-state index is 0. The molecule has 0 saturated carbocycles. The van der Waals surface area contributed by atoms with Gasteiger partial charge in [0.25, 0.3) is 0 Å². The van der Waals surface area contributed by atoms with Crippen LogP contribution in [0.5, 0.6) is 0 Å². The molecule has 0 atom stereocenters. The summed E-state index contributed by atoms with van der Waals surface area (Å²) in [4.78, 5) is 8.25. The Morgan fingerprint density at radius 2 is 1.29 bits per heavy atom. The van der Waals surface area contributed by atoms with Crippen molar-refractivity contribution in [1.29, 1.82) is 0 Å². The van der Waals surface area contributed by atoms with E-state index < -0.39 is 5.09 Å². The van der Waals surface area contributed by atoms with Crippen LogP contribution in [-0.4, -0.2) is 5.09 Å². The fourth-order valence-corrected chi connectivity index (χ4v) is 0. The van der Waals surface area contributed by atoms with Crippen LogP contribution >= 0.6 is 37.2 Å². The largest absolute Gasteiger partial charge is 1.00 e. The summed E-state index contributed by atoms with van der Waals surface area (Å²) in [6.07, 6.45) is 0. The topological polar surface area (TPSA) is 66.2 Å². The summed E-state index contributed by atoms with van der Waals surface area (Å²) in [5, 5.41) is 14.8. The first-order valence-electron chi connectivity index (χ1n) is 0.691. The van der Waals surface area contributed by atoms with Crippen molar-refractivity contribution >= 4 is 37.2 Å². The third-order valence-corrected chi connectivity index (χ3v) is 0. The zero-order chi connectivity index (χ0) is 5.58. The summed E-state index contributed by atoms with van der Waals surface area (Å²) < 4.78 is 0. The molecule has 0 amide bonds. The van der Waals surface area contributed by atoms with Crippen LogP contribution in [0.25, 0.3) is 0 Å². The molecule has 0 aromatic carbocycles. The van der Waals surface area contributed by atoms with Crippen molar-refractivity contribution < 1.29 is 27.5 Å². The van der Waals surface area contributed by atoms with Crippen LogP contribution in [-0.2, 0) is 22.4 Å². The summed E-state index contributed by atoms with van der Waals surface area (Å²) in [5.74, 6) is 0. The van der Waals surface area contributed by atoms with Gasteiger partial charge in [-0.05, 0) is 0 Å². The van der Waals surface area contributed by atoms with Crippen molar-refractivity contribution in [3.05, 3.63) is 15.3 Å². The number of hydrogen-bond donors (Lipinski definition) is 0. The summed E-state index contributed by atoms with van der Waals surface area (Å²) >= 11 is 4.24. The summed E-state index contributed by atoms with van der Waals surface area (Å²) in [7, 11) is 0. The normalized spacial score (nSPS) is 4.29. The molecule has 0 unspecified atom stereocenters. The molecule has 0 aliphatic carbocycles. The third-order valence-electron chi connectivity index (χ3n) is 0. The standard InChI is InChI=1S/Ag.I2.NO3/c;1-2;2-1(3)4/q+1;;-1. The molecule has 7 heavy (non-hydrogen) atoms. The molecule has 0 spiro atoms. The maximum Gasteiger partial charge on any atom is 1.00 e. The predicted octanol–water partition coefficient (Wildman–Crippen LogP) is 1.53. The maximum absolute atomic E-state index is 8.25. The zero-order valence-corrected chi connectivity index (χ0v) is 8.53. The fraction of sp³-hybridized carbons (Fsp3) is 0. The van der Waals surface area contributed by atoms with E-state index in [1.54, 1.807) is 0 Å². The molecule has 4 nitrogen and oxygen atoms in total. The van der Waals surface area contributed by atoms with Crippen LogP contribution in [0.3, 0.4) is 0 Å². The Hall–Kier alpha value is 1.40. The van der Waals surface area contributed by atoms with Gasteiger partial charge in [-0.3, -0.25) is 0 Å². The molecular weight excluding hydrogens is 424 g/mol. The van der Waals surface area contributed by atoms with Gasteiger partial charge in [0.15, 0.2) is 0 Å². The second-order valence-corrected chi connectivity index (χ2v) is 0.224. The van der Waals surface area contributed by atoms with Gasteiger partial charge in [0, 0.05) is 37.2 Å². The minimum atomic E-state index is -1.75. The first kappa shape index (κ1) is 15.8. The first-order valence-corrected chi connectivity index (χ1v) is 6.98. The summed E-state index contributed by atoms with van der Waals surface area (Å²) in [6, 6.07) is 0. The summed E-state index contributed by atoms with van der Waals surface area (Å²) in [5.41, 5.74) is 0. The van der Waals surface area contributed by atoms with Crippen molar-refractivity contribution in [2.75, 3.05) is 0 Å². The van der Waals surface area contributed by atoms with E-state index in [2.05, 4.69) is 37.2 Å². The smallest absolute Gasteiger partial charge is 0.356 e. The molecular formula is AgI2NO3. The number of halogens is 2. The molecule has 0 aliphatic heterocycles. The molecule has 7 heteroatoms. The van der Waals surface area contributed by atoms with Gasteiger partial charge < -0.3 is 15.3 Å². The second kappa shape index (κ2) is 15.7. The van der Waals surface area contributed by atoms with Gasteiger partial charge in [-0.2, -0.15) is 0 Å². The van der Waals surface area contributed by atoms with E-state index in [0.717, 1.165) is 0 Å². The number of hydrogen-bond acceptors (Lipinski definition) is 3. The minimum Gasteiger partial charge on any atom is -0.356 e. The van der Waals surface area contributed by atoms with Crippen LogP contribution in [0.4, 0.5) is 0 Å². The molecule has 0 saturated heterocycles. The quantitative estimate of drug-likeness (QED) is 0.257. The first-order chi connectivity index (χ1) is 2.73. The third kappa shape index (κ3) is 110. The van der Waals surface area contributed by atoms with Crippen molar-refractivity contribution in [2.45, 2.75) is 0 Å². The van der Waals surface area contributed by atoms with E-state index in [1.165, 1.54) is 0 Å². The molecule has 0 aliphatic rings. The Morgan fingerprint density at radius 1 is 1.29 bits per heavy atom. The fourth-order valence-electron chi connectivity index (χ4n) is 0. The Kier molecular flexibility index (Phi) is 35.3. The average Bonchev–Trinajstić information content (AvgIpc) is 1.41. The Bertz CT molecular complexity index is 35.9. The molecule has 0 rings (SSSR count). The molecule has 0 bridgehead atoms.